The Balaban J connectivity index is 1.64. The number of rotatable bonds is 9. The fraction of sp³-hybridized carbons (Fsp3) is 0.400. The van der Waals surface area contributed by atoms with Crippen LogP contribution in [0.15, 0.2) is 48.5 Å². The molecule has 2 atom stereocenters. The Labute approximate surface area is 188 Å². The van der Waals surface area contributed by atoms with E-state index in [-0.39, 0.29) is 24.9 Å². The molecule has 0 spiro atoms. The number of carbonyl (C=O) groups is 3. The van der Waals surface area contributed by atoms with Gasteiger partial charge in [0.05, 0.1) is 6.42 Å². The van der Waals surface area contributed by atoms with Crippen LogP contribution in [0.1, 0.15) is 50.7 Å². The summed E-state index contributed by atoms with van der Waals surface area (Å²) < 4.78 is 5.54. The minimum absolute atomic E-state index is 0.0699. The van der Waals surface area contributed by atoms with Gasteiger partial charge >= 0.3 is 12.1 Å². The van der Waals surface area contributed by atoms with E-state index in [2.05, 4.69) is 22.8 Å². The van der Waals surface area contributed by atoms with Crippen LogP contribution in [-0.4, -0.2) is 41.8 Å². The molecule has 1 aliphatic carbocycles. The lowest BCUT2D eigenvalue weighted by atomic mass is 9.98. The molecule has 0 aromatic heterocycles. The third-order valence-electron chi connectivity index (χ3n) is 5.83. The molecule has 0 heterocycles. The van der Waals surface area contributed by atoms with Crippen molar-refractivity contribution in [2.24, 2.45) is 5.92 Å². The molecule has 2 aromatic carbocycles. The van der Waals surface area contributed by atoms with E-state index in [9.17, 15) is 14.4 Å². The summed E-state index contributed by atoms with van der Waals surface area (Å²) in [6.07, 6.45) is -0.363. The van der Waals surface area contributed by atoms with Crippen LogP contribution in [0.25, 0.3) is 11.1 Å². The number of hydrogen-bond donors (Lipinski definition) is 3. The summed E-state index contributed by atoms with van der Waals surface area (Å²) in [4.78, 5) is 36.2. The Kier molecular flexibility index (Phi) is 7.51. The van der Waals surface area contributed by atoms with E-state index < -0.39 is 30.1 Å². The molecular weight excluding hydrogens is 408 g/mol. The maximum atomic E-state index is 12.7. The molecule has 0 unspecified atom stereocenters. The number of benzene rings is 2. The zero-order valence-corrected chi connectivity index (χ0v) is 18.6. The molecule has 7 heteroatoms. The highest BCUT2D eigenvalue weighted by atomic mass is 16.5. The second-order valence-electron chi connectivity index (χ2n) is 8.40. The number of nitrogens with one attached hydrogen (secondary N) is 2. The van der Waals surface area contributed by atoms with Crippen molar-refractivity contribution in [1.29, 1.82) is 0 Å². The SMILES string of the molecule is CC[C@@H](CC(=O)O)NC(=O)[C@@H](NC(=O)OCC1c2ccccc2-c2ccccc21)C(C)C. The molecule has 0 saturated carbocycles. The highest BCUT2D eigenvalue weighted by molar-refractivity contribution is 5.86. The Morgan fingerprint density at radius 1 is 0.969 bits per heavy atom. The summed E-state index contributed by atoms with van der Waals surface area (Å²) in [6, 6.07) is 14.8. The summed E-state index contributed by atoms with van der Waals surface area (Å²) in [6.45, 7) is 5.58. The van der Waals surface area contributed by atoms with Gasteiger partial charge in [-0.15, -0.1) is 0 Å². The van der Waals surface area contributed by atoms with Gasteiger partial charge in [-0.3, -0.25) is 9.59 Å². The zero-order chi connectivity index (χ0) is 23.3. The maximum Gasteiger partial charge on any atom is 0.407 e. The molecule has 7 nitrogen and oxygen atoms in total. The predicted octanol–water partition coefficient (Wildman–Crippen LogP) is 3.92. The third kappa shape index (κ3) is 5.28. The highest BCUT2D eigenvalue weighted by Crippen LogP contribution is 2.44. The lowest BCUT2D eigenvalue weighted by Crippen LogP contribution is -2.52. The van der Waals surface area contributed by atoms with Gasteiger partial charge in [0.1, 0.15) is 12.6 Å². The number of carbonyl (C=O) groups excluding carboxylic acids is 2. The van der Waals surface area contributed by atoms with E-state index in [1.165, 1.54) is 0 Å². The molecule has 0 saturated heterocycles. The number of aliphatic carboxylic acids is 1. The number of carboxylic acid groups (broad SMARTS) is 1. The van der Waals surface area contributed by atoms with E-state index in [0.717, 1.165) is 22.3 Å². The summed E-state index contributed by atoms with van der Waals surface area (Å²) in [7, 11) is 0. The molecule has 32 heavy (non-hydrogen) atoms. The van der Waals surface area contributed by atoms with E-state index in [1.807, 2.05) is 50.2 Å². The first kappa shape index (κ1) is 23.3. The van der Waals surface area contributed by atoms with Crippen molar-refractivity contribution in [3.63, 3.8) is 0 Å². The van der Waals surface area contributed by atoms with Crippen molar-refractivity contribution in [1.82, 2.24) is 10.6 Å². The predicted molar refractivity (Wildman–Crippen MR) is 121 cm³/mol. The van der Waals surface area contributed by atoms with Crippen LogP contribution in [0.3, 0.4) is 0 Å². The van der Waals surface area contributed by atoms with Gasteiger partial charge in [-0.05, 0) is 34.6 Å². The lowest BCUT2D eigenvalue weighted by Gasteiger charge is -2.24. The molecule has 3 rings (SSSR count). The lowest BCUT2D eigenvalue weighted by molar-refractivity contribution is -0.137. The largest absolute Gasteiger partial charge is 0.481 e. The Hall–Kier alpha value is -3.35. The molecule has 3 N–H and O–H groups in total. The molecule has 2 aromatic rings. The van der Waals surface area contributed by atoms with Gasteiger partial charge < -0.3 is 20.5 Å². The van der Waals surface area contributed by atoms with Crippen molar-refractivity contribution in [3.05, 3.63) is 59.7 Å². The van der Waals surface area contributed by atoms with Crippen molar-refractivity contribution >= 4 is 18.0 Å². The van der Waals surface area contributed by atoms with Gasteiger partial charge in [0.25, 0.3) is 0 Å². The molecule has 2 amide bonds. The third-order valence-corrected chi connectivity index (χ3v) is 5.83. The van der Waals surface area contributed by atoms with Crippen LogP contribution in [-0.2, 0) is 14.3 Å². The Morgan fingerprint density at radius 2 is 1.53 bits per heavy atom. The van der Waals surface area contributed by atoms with Gasteiger partial charge in [0.2, 0.25) is 5.91 Å². The first-order valence-electron chi connectivity index (χ1n) is 11.0. The first-order chi connectivity index (χ1) is 15.3. The van der Waals surface area contributed by atoms with Crippen molar-refractivity contribution in [3.8, 4) is 11.1 Å². The Morgan fingerprint density at radius 3 is 2.03 bits per heavy atom. The summed E-state index contributed by atoms with van der Waals surface area (Å²) in [5.41, 5.74) is 4.50. The maximum absolute atomic E-state index is 12.7. The topological polar surface area (TPSA) is 105 Å². The second kappa shape index (κ2) is 10.3. The molecule has 0 bridgehead atoms. The van der Waals surface area contributed by atoms with Gasteiger partial charge in [-0.2, -0.15) is 0 Å². The van der Waals surface area contributed by atoms with Crippen molar-refractivity contribution in [2.75, 3.05) is 6.61 Å². The van der Waals surface area contributed by atoms with E-state index in [0.29, 0.717) is 6.42 Å². The molecule has 0 radical (unpaired) electrons. The fourth-order valence-electron chi connectivity index (χ4n) is 4.10. The van der Waals surface area contributed by atoms with Gasteiger partial charge in [-0.1, -0.05) is 69.3 Å². The van der Waals surface area contributed by atoms with E-state index in [4.69, 9.17) is 9.84 Å². The number of fused-ring (bicyclic) bond motifs is 3. The fourth-order valence-corrected chi connectivity index (χ4v) is 4.10. The minimum atomic E-state index is -0.984. The van der Waals surface area contributed by atoms with Crippen molar-refractivity contribution in [2.45, 2.75) is 51.6 Å². The normalized spacial score (nSPS) is 14.2. The van der Waals surface area contributed by atoms with Crippen molar-refractivity contribution < 1.29 is 24.2 Å². The Bertz CT molecular complexity index is 942. The van der Waals surface area contributed by atoms with Crippen LogP contribution in [0, 0.1) is 5.92 Å². The summed E-state index contributed by atoms with van der Waals surface area (Å²) in [5, 5.41) is 14.4. The average Bonchev–Trinajstić information content (AvgIpc) is 3.08. The summed E-state index contributed by atoms with van der Waals surface area (Å²) in [5.74, 6) is -1.67. The van der Waals surface area contributed by atoms with Crippen LogP contribution in [0.5, 0.6) is 0 Å². The molecule has 170 valence electrons. The van der Waals surface area contributed by atoms with Crippen LogP contribution in [0.2, 0.25) is 0 Å². The second-order valence-corrected chi connectivity index (χ2v) is 8.40. The molecular formula is C25H30N2O5. The monoisotopic (exact) mass is 438 g/mol. The van der Waals surface area contributed by atoms with Gasteiger partial charge in [0, 0.05) is 12.0 Å². The molecule has 0 fully saturated rings. The summed E-state index contributed by atoms with van der Waals surface area (Å²) >= 11 is 0. The number of carboxylic acids is 1. The van der Waals surface area contributed by atoms with Gasteiger partial charge in [0.15, 0.2) is 0 Å². The van der Waals surface area contributed by atoms with Gasteiger partial charge in [-0.25, -0.2) is 4.79 Å². The number of alkyl carbamates (subject to hydrolysis) is 1. The smallest absolute Gasteiger partial charge is 0.407 e. The standard InChI is InChI=1S/C25H30N2O5/c1-4-16(13-22(28)29)26-24(30)23(15(2)3)27-25(31)32-14-21-19-11-7-5-9-17(19)18-10-6-8-12-20(18)21/h5-12,15-16,21,23H,4,13-14H2,1-3H3,(H,26,30)(H,27,31)(H,28,29)/t16-,23-/m0/s1. The van der Waals surface area contributed by atoms with E-state index in [1.54, 1.807) is 6.92 Å². The minimum Gasteiger partial charge on any atom is -0.481 e. The number of hydrogen-bond acceptors (Lipinski definition) is 4. The zero-order valence-electron chi connectivity index (χ0n) is 18.6. The van der Waals surface area contributed by atoms with Crippen LogP contribution >= 0.6 is 0 Å². The molecule has 1 aliphatic rings. The quantitative estimate of drug-likeness (QED) is 0.550. The van der Waals surface area contributed by atoms with E-state index >= 15 is 0 Å². The average molecular weight is 439 g/mol. The van der Waals surface area contributed by atoms with Crippen LogP contribution in [0.4, 0.5) is 4.79 Å². The number of amides is 2. The highest BCUT2D eigenvalue weighted by Gasteiger charge is 2.31. The molecule has 0 aliphatic heterocycles. The van der Waals surface area contributed by atoms with Crippen LogP contribution < -0.4 is 10.6 Å². The first-order valence-corrected chi connectivity index (χ1v) is 11.0. The number of ether oxygens (including phenoxy) is 1.